The molecule has 0 radical (unpaired) electrons. The molecule has 0 saturated heterocycles. The number of halogens is 3. The van der Waals surface area contributed by atoms with Gasteiger partial charge in [0.05, 0.1) is 11.1 Å². The van der Waals surface area contributed by atoms with E-state index < -0.39 is 18.1 Å². The molecular formula is C17H10F3N3O2. The maximum atomic E-state index is 14.2. The van der Waals surface area contributed by atoms with Crippen molar-refractivity contribution in [2.45, 2.75) is 13.0 Å². The lowest BCUT2D eigenvalue weighted by atomic mass is 10.2. The van der Waals surface area contributed by atoms with E-state index in [0.29, 0.717) is 11.3 Å². The first kappa shape index (κ1) is 16.5. The quantitative estimate of drug-likeness (QED) is 0.659. The molecule has 0 fully saturated rings. The average molecular weight is 345 g/mol. The van der Waals surface area contributed by atoms with E-state index in [4.69, 9.17) is 15.6 Å². The minimum atomic E-state index is -2.90. The van der Waals surface area contributed by atoms with Crippen molar-refractivity contribution >= 4 is 0 Å². The summed E-state index contributed by atoms with van der Waals surface area (Å²) in [5.41, 5.74) is 0.638. The highest BCUT2D eigenvalue weighted by molar-refractivity contribution is 5.51. The summed E-state index contributed by atoms with van der Waals surface area (Å²) in [4.78, 5) is 3.91. The summed E-state index contributed by atoms with van der Waals surface area (Å²) in [6.45, 7) is -0.156. The van der Waals surface area contributed by atoms with Crippen LogP contribution >= 0.6 is 0 Å². The van der Waals surface area contributed by atoms with E-state index in [1.165, 1.54) is 6.20 Å². The summed E-state index contributed by atoms with van der Waals surface area (Å²) < 4.78 is 49.3. The van der Waals surface area contributed by atoms with Gasteiger partial charge >= 0.3 is 6.43 Å². The van der Waals surface area contributed by atoms with Crippen LogP contribution in [0.3, 0.4) is 0 Å². The topological polar surface area (TPSA) is 61.0 Å². The molecule has 1 aromatic carbocycles. The second-order valence-electron chi connectivity index (χ2n) is 4.83. The highest BCUT2D eigenvalue weighted by Crippen LogP contribution is 2.24. The van der Waals surface area contributed by atoms with Crippen molar-refractivity contribution in [1.82, 2.24) is 15.2 Å². The van der Waals surface area contributed by atoms with Gasteiger partial charge in [-0.05, 0) is 18.2 Å². The van der Waals surface area contributed by atoms with E-state index in [1.54, 1.807) is 24.3 Å². The molecule has 0 aliphatic heterocycles. The second kappa shape index (κ2) is 7.05. The Morgan fingerprint density at radius 3 is 2.72 bits per heavy atom. The lowest BCUT2D eigenvalue weighted by molar-refractivity contribution is 0.116. The van der Waals surface area contributed by atoms with Crippen LogP contribution in [-0.2, 0) is 6.61 Å². The number of benzene rings is 1. The minimum Gasteiger partial charge on any atom is -0.486 e. The molecule has 0 saturated carbocycles. The molecule has 0 unspecified atom stereocenters. The minimum absolute atomic E-state index is 0.0178. The monoisotopic (exact) mass is 345 g/mol. The third-order valence-corrected chi connectivity index (χ3v) is 3.20. The van der Waals surface area contributed by atoms with Crippen LogP contribution in [0.4, 0.5) is 13.2 Å². The van der Waals surface area contributed by atoms with Crippen molar-refractivity contribution in [2.24, 2.45) is 0 Å². The molecular weight excluding hydrogens is 335 g/mol. The Morgan fingerprint density at radius 2 is 2.04 bits per heavy atom. The van der Waals surface area contributed by atoms with Crippen molar-refractivity contribution in [3.63, 3.8) is 0 Å². The van der Waals surface area contributed by atoms with Crippen LogP contribution in [0.5, 0.6) is 5.75 Å². The number of para-hydroxylation sites is 1. The SMILES string of the molecule is C#Cc1ccccc1OCc1ncc(-c2nnc(C(F)F)o2)cc1F. The van der Waals surface area contributed by atoms with Crippen LogP contribution in [0.25, 0.3) is 11.5 Å². The number of nitrogens with zero attached hydrogens (tertiary/aromatic N) is 3. The summed E-state index contributed by atoms with van der Waals surface area (Å²) in [5.74, 6) is 1.10. The first-order chi connectivity index (χ1) is 12.1. The van der Waals surface area contributed by atoms with Crippen molar-refractivity contribution in [3.05, 3.63) is 59.5 Å². The van der Waals surface area contributed by atoms with Gasteiger partial charge in [-0.3, -0.25) is 4.98 Å². The van der Waals surface area contributed by atoms with Crippen molar-refractivity contribution < 1.29 is 22.3 Å². The molecule has 2 aromatic heterocycles. The molecule has 0 N–H and O–H groups in total. The van der Waals surface area contributed by atoms with Crippen molar-refractivity contribution in [1.29, 1.82) is 0 Å². The van der Waals surface area contributed by atoms with Gasteiger partial charge in [-0.1, -0.05) is 18.1 Å². The summed E-state index contributed by atoms with van der Waals surface area (Å²) in [6.07, 6.45) is 3.69. The van der Waals surface area contributed by atoms with Gasteiger partial charge in [0.25, 0.3) is 5.89 Å². The maximum Gasteiger partial charge on any atom is 0.314 e. The van der Waals surface area contributed by atoms with Gasteiger partial charge < -0.3 is 9.15 Å². The molecule has 126 valence electrons. The van der Waals surface area contributed by atoms with Gasteiger partial charge in [0, 0.05) is 6.20 Å². The number of alkyl halides is 2. The number of hydrogen-bond acceptors (Lipinski definition) is 5. The fourth-order valence-corrected chi connectivity index (χ4v) is 1.99. The van der Waals surface area contributed by atoms with Gasteiger partial charge in [0.2, 0.25) is 5.89 Å². The zero-order chi connectivity index (χ0) is 17.8. The Morgan fingerprint density at radius 1 is 1.24 bits per heavy atom. The molecule has 8 heteroatoms. The molecule has 3 aromatic rings. The lowest BCUT2D eigenvalue weighted by Gasteiger charge is -2.08. The van der Waals surface area contributed by atoms with Crippen LogP contribution in [0, 0.1) is 18.2 Å². The lowest BCUT2D eigenvalue weighted by Crippen LogP contribution is -2.03. The molecule has 0 bridgehead atoms. The van der Waals surface area contributed by atoms with Crippen LogP contribution in [-0.4, -0.2) is 15.2 Å². The van der Waals surface area contributed by atoms with Gasteiger partial charge in [0.15, 0.2) is 0 Å². The van der Waals surface area contributed by atoms with E-state index >= 15 is 0 Å². The highest BCUT2D eigenvalue weighted by atomic mass is 19.3. The van der Waals surface area contributed by atoms with Crippen molar-refractivity contribution in [3.8, 4) is 29.5 Å². The van der Waals surface area contributed by atoms with E-state index in [1.807, 2.05) is 0 Å². The molecule has 0 atom stereocenters. The molecule has 0 spiro atoms. The van der Waals surface area contributed by atoms with Crippen LogP contribution < -0.4 is 4.74 Å². The average Bonchev–Trinajstić information content (AvgIpc) is 3.11. The number of terminal acetylenes is 1. The molecule has 0 aliphatic rings. The second-order valence-corrected chi connectivity index (χ2v) is 4.83. The molecule has 2 heterocycles. The Bertz CT molecular complexity index is 935. The zero-order valence-corrected chi connectivity index (χ0v) is 12.6. The Balaban J connectivity index is 1.77. The third-order valence-electron chi connectivity index (χ3n) is 3.20. The highest BCUT2D eigenvalue weighted by Gasteiger charge is 2.18. The molecule has 0 aliphatic carbocycles. The third kappa shape index (κ3) is 3.61. The Hall–Kier alpha value is -3.34. The molecule has 0 amide bonds. The van der Waals surface area contributed by atoms with Gasteiger partial charge in [-0.2, -0.15) is 8.78 Å². The standard InChI is InChI=1S/C17H10F3N3O2/c1-2-10-5-3-4-6-14(10)24-9-13-12(18)7-11(8-21-13)16-22-23-17(25-16)15(19)20/h1,3-8,15H,9H2. The number of aromatic nitrogens is 3. The Kier molecular flexibility index (Phi) is 4.66. The Labute approximate surface area is 140 Å². The summed E-state index contributed by atoms with van der Waals surface area (Å²) in [5, 5.41) is 6.62. The van der Waals surface area contributed by atoms with Crippen LogP contribution in [0.2, 0.25) is 0 Å². The van der Waals surface area contributed by atoms with E-state index in [-0.39, 0.29) is 23.8 Å². The number of hydrogen-bond donors (Lipinski definition) is 0. The van der Waals surface area contributed by atoms with Crippen molar-refractivity contribution in [2.75, 3.05) is 0 Å². The number of pyridine rings is 1. The fourth-order valence-electron chi connectivity index (χ4n) is 1.99. The number of ether oxygens (including phenoxy) is 1. The largest absolute Gasteiger partial charge is 0.486 e. The van der Waals surface area contributed by atoms with Gasteiger partial charge in [0.1, 0.15) is 23.9 Å². The summed E-state index contributed by atoms with van der Waals surface area (Å²) in [7, 11) is 0. The van der Waals surface area contributed by atoms with Crippen LogP contribution in [0.1, 0.15) is 23.6 Å². The van der Waals surface area contributed by atoms with Gasteiger partial charge in [-0.25, -0.2) is 4.39 Å². The first-order valence-corrected chi connectivity index (χ1v) is 7.03. The predicted molar refractivity (Wildman–Crippen MR) is 81.2 cm³/mol. The molecule has 25 heavy (non-hydrogen) atoms. The molecule has 3 rings (SSSR count). The summed E-state index contributed by atoms with van der Waals surface area (Å²) >= 11 is 0. The summed E-state index contributed by atoms with van der Waals surface area (Å²) in [6, 6.07) is 7.90. The fraction of sp³-hybridized carbons (Fsp3) is 0.118. The van der Waals surface area contributed by atoms with E-state index in [2.05, 4.69) is 21.1 Å². The maximum absolute atomic E-state index is 14.2. The van der Waals surface area contributed by atoms with Gasteiger partial charge in [-0.15, -0.1) is 16.6 Å². The van der Waals surface area contributed by atoms with Crippen LogP contribution in [0.15, 0.2) is 40.9 Å². The van der Waals surface area contributed by atoms with E-state index in [0.717, 1.165) is 6.07 Å². The number of rotatable bonds is 5. The molecule has 5 nitrogen and oxygen atoms in total. The zero-order valence-electron chi connectivity index (χ0n) is 12.6. The predicted octanol–water partition coefficient (Wildman–Crippen LogP) is 3.77. The first-order valence-electron chi connectivity index (χ1n) is 7.03. The normalized spacial score (nSPS) is 10.7. The van der Waals surface area contributed by atoms with E-state index in [9.17, 15) is 13.2 Å². The smallest absolute Gasteiger partial charge is 0.314 e.